The van der Waals surface area contributed by atoms with Gasteiger partial charge in [-0.2, -0.15) is 5.10 Å². The van der Waals surface area contributed by atoms with Crippen molar-refractivity contribution in [2.45, 2.75) is 26.8 Å². The first kappa shape index (κ1) is 25.4. The third-order valence-electron chi connectivity index (χ3n) is 4.59. The smallest absolute Gasteiger partial charge is 0.191 e. The summed E-state index contributed by atoms with van der Waals surface area (Å²) in [5.41, 5.74) is 4.42. The predicted molar refractivity (Wildman–Crippen MR) is 131 cm³/mol. The van der Waals surface area contributed by atoms with Crippen molar-refractivity contribution in [3.63, 3.8) is 0 Å². The normalized spacial score (nSPS) is 11.4. The van der Waals surface area contributed by atoms with E-state index in [1.165, 1.54) is 5.56 Å². The van der Waals surface area contributed by atoms with Crippen molar-refractivity contribution in [2.24, 2.45) is 4.99 Å². The van der Waals surface area contributed by atoms with Gasteiger partial charge in [-0.05, 0) is 51.6 Å². The number of likely N-dealkylation sites (N-methyl/N-ethyl adjacent to an activating group) is 1. The van der Waals surface area contributed by atoms with Crippen LogP contribution >= 0.6 is 24.0 Å². The molecule has 1 aromatic heterocycles. The van der Waals surface area contributed by atoms with Gasteiger partial charge in [0.25, 0.3) is 0 Å². The summed E-state index contributed by atoms with van der Waals surface area (Å²) in [5, 5.41) is 11.4. The van der Waals surface area contributed by atoms with E-state index in [-0.39, 0.29) is 24.0 Å². The lowest BCUT2D eigenvalue weighted by Gasteiger charge is -2.17. The molecule has 2 aromatic rings. The Morgan fingerprint density at radius 1 is 1.21 bits per heavy atom. The Morgan fingerprint density at radius 2 is 1.97 bits per heavy atom. The molecule has 29 heavy (non-hydrogen) atoms. The zero-order valence-electron chi connectivity index (χ0n) is 18.2. The number of ether oxygens (including phenoxy) is 1. The minimum absolute atomic E-state index is 0. The second-order valence-corrected chi connectivity index (χ2v) is 6.97. The van der Waals surface area contributed by atoms with Crippen LogP contribution in [0, 0.1) is 13.8 Å². The quantitative estimate of drug-likeness (QED) is 0.221. The summed E-state index contributed by atoms with van der Waals surface area (Å²) >= 11 is 0. The van der Waals surface area contributed by atoms with Crippen LogP contribution in [0.25, 0.3) is 5.69 Å². The van der Waals surface area contributed by atoms with Crippen LogP contribution in [0.5, 0.6) is 0 Å². The first-order valence-corrected chi connectivity index (χ1v) is 9.78. The van der Waals surface area contributed by atoms with Crippen LogP contribution in [0.2, 0.25) is 0 Å². The Morgan fingerprint density at radius 3 is 2.62 bits per heavy atom. The topological polar surface area (TPSA) is 66.7 Å². The van der Waals surface area contributed by atoms with Gasteiger partial charge in [0.05, 0.1) is 18.0 Å². The van der Waals surface area contributed by atoms with E-state index in [9.17, 15) is 0 Å². The highest BCUT2D eigenvalue weighted by Gasteiger charge is 2.09. The average Bonchev–Trinajstić information content (AvgIpc) is 3.03. The number of aromatic nitrogens is 2. The van der Waals surface area contributed by atoms with Crippen molar-refractivity contribution < 1.29 is 4.74 Å². The molecule has 162 valence electrons. The van der Waals surface area contributed by atoms with Crippen LogP contribution in [0.4, 0.5) is 0 Å². The van der Waals surface area contributed by atoms with Gasteiger partial charge in [-0.3, -0.25) is 4.99 Å². The third-order valence-corrected chi connectivity index (χ3v) is 4.59. The minimum atomic E-state index is 0. The molecule has 0 aliphatic rings. The lowest BCUT2D eigenvalue weighted by Crippen LogP contribution is -2.38. The van der Waals surface area contributed by atoms with Gasteiger partial charge in [-0.25, -0.2) is 4.68 Å². The third kappa shape index (κ3) is 8.31. The molecule has 2 N–H and O–H groups in total. The molecule has 8 heteroatoms. The van der Waals surface area contributed by atoms with Crippen molar-refractivity contribution >= 4 is 29.9 Å². The van der Waals surface area contributed by atoms with Gasteiger partial charge in [-0.15, -0.1) is 24.0 Å². The average molecular weight is 514 g/mol. The number of nitrogens with zero attached hydrogens (tertiary/aromatic N) is 4. The first-order chi connectivity index (χ1) is 13.5. The van der Waals surface area contributed by atoms with Gasteiger partial charge >= 0.3 is 0 Å². The van der Waals surface area contributed by atoms with Crippen molar-refractivity contribution in [3.8, 4) is 5.69 Å². The number of hydrogen-bond donors (Lipinski definition) is 2. The zero-order valence-corrected chi connectivity index (χ0v) is 20.6. The van der Waals surface area contributed by atoms with Crippen LogP contribution in [0.15, 0.2) is 35.3 Å². The lowest BCUT2D eigenvalue weighted by molar-refractivity contribution is 0.161. The van der Waals surface area contributed by atoms with Gasteiger partial charge in [-0.1, -0.05) is 18.2 Å². The SMILES string of the molecule is CN=C(NCCCN(C)CCOC)NCc1ccccc1-n1nc(C)cc1C.I. The monoisotopic (exact) mass is 514 g/mol. The van der Waals surface area contributed by atoms with E-state index in [0.29, 0.717) is 6.54 Å². The molecule has 0 aliphatic carbocycles. The molecule has 7 nitrogen and oxygen atoms in total. The Hall–Kier alpha value is -1.65. The van der Waals surface area contributed by atoms with Gasteiger partial charge < -0.3 is 20.3 Å². The molecule has 0 saturated heterocycles. The molecular weight excluding hydrogens is 479 g/mol. The largest absolute Gasteiger partial charge is 0.383 e. The fourth-order valence-electron chi connectivity index (χ4n) is 3.05. The van der Waals surface area contributed by atoms with Crippen LogP contribution in [-0.2, 0) is 11.3 Å². The number of methoxy groups -OCH3 is 1. The van der Waals surface area contributed by atoms with Crippen LogP contribution in [0.3, 0.4) is 0 Å². The molecule has 0 unspecified atom stereocenters. The van der Waals surface area contributed by atoms with E-state index >= 15 is 0 Å². The molecule has 0 atom stereocenters. The van der Waals surface area contributed by atoms with Gasteiger partial charge in [0.1, 0.15) is 0 Å². The molecular formula is C21H35IN6O. The molecule has 2 rings (SSSR count). The van der Waals surface area contributed by atoms with Crippen LogP contribution < -0.4 is 10.6 Å². The predicted octanol–water partition coefficient (Wildman–Crippen LogP) is 2.74. The maximum absolute atomic E-state index is 5.11. The van der Waals surface area contributed by atoms with E-state index < -0.39 is 0 Å². The van der Waals surface area contributed by atoms with Gasteiger partial charge in [0.15, 0.2) is 5.96 Å². The number of halogens is 1. The Balaban J connectivity index is 0.00000420. The van der Waals surface area contributed by atoms with Crippen LogP contribution in [0.1, 0.15) is 23.4 Å². The van der Waals surface area contributed by atoms with E-state index in [1.807, 2.05) is 17.7 Å². The number of guanidine groups is 1. The second-order valence-electron chi connectivity index (χ2n) is 6.97. The molecule has 0 amide bonds. The molecule has 0 fully saturated rings. The Labute approximate surface area is 191 Å². The van der Waals surface area contributed by atoms with Gasteiger partial charge in [0, 0.05) is 39.5 Å². The van der Waals surface area contributed by atoms with E-state index in [1.54, 1.807) is 14.2 Å². The number of hydrogen-bond acceptors (Lipinski definition) is 4. The summed E-state index contributed by atoms with van der Waals surface area (Å²) in [4.78, 5) is 6.60. The molecule has 0 bridgehead atoms. The fraction of sp³-hybridized carbons (Fsp3) is 0.524. The summed E-state index contributed by atoms with van der Waals surface area (Å²) in [6, 6.07) is 10.4. The fourth-order valence-corrected chi connectivity index (χ4v) is 3.05. The maximum atomic E-state index is 5.11. The number of rotatable bonds is 10. The minimum Gasteiger partial charge on any atom is -0.383 e. The summed E-state index contributed by atoms with van der Waals surface area (Å²) < 4.78 is 7.10. The lowest BCUT2D eigenvalue weighted by atomic mass is 10.1. The zero-order chi connectivity index (χ0) is 20.4. The highest BCUT2D eigenvalue weighted by atomic mass is 127. The number of nitrogens with one attached hydrogen (secondary N) is 2. The highest BCUT2D eigenvalue weighted by Crippen LogP contribution is 2.16. The highest BCUT2D eigenvalue weighted by molar-refractivity contribution is 14.0. The van der Waals surface area contributed by atoms with Crippen LogP contribution in [-0.4, -0.2) is 68.1 Å². The molecule has 0 aliphatic heterocycles. The van der Waals surface area contributed by atoms with Gasteiger partial charge in [0.2, 0.25) is 0 Å². The number of benzene rings is 1. The second kappa shape index (κ2) is 13.6. The van der Waals surface area contributed by atoms with Crippen molar-refractivity contribution in [1.82, 2.24) is 25.3 Å². The summed E-state index contributed by atoms with van der Waals surface area (Å²) in [7, 11) is 5.65. The number of aliphatic imine (C=N–C) groups is 1. The van der Waals surface area contributed by atoms with E-state index in [4.69, 9.17) is 4.74 Å². The maximum Gasteiger partial charge on any atom is 0.191 e. The van der Waals surface area contributed by atoms with Crippen molar-refractivity contribution in [3.05, 3.63) is 47.3 Å². The number of aryl methyl sites for hydroxylation is 2. The molecule has 0 spiro atoms. The Kier molecular flexibility index (Phi) is 11.9. The summed E-state index contributed by atoms with van der Waals surface area (Å²) in [6.45, 7) is 8.39. The molecule has 0 radical (unpaired) electrons. The van der Waals surface area contributed by atoms with Crippen molar-refractivity contribution in [1.29, 1.82) is 0 Å². The molecule has 1 heterocycles. The summed E-state index contributed by atoms with van der Waals surface area (Å²) in [6.07, 6.45) is 1.04. The van der Waals surface area contributed by atoms with Crippen molar-refractivity contribution in [2.75, 3.05) is 47.4 Å². The molecule has 1 aromatic carbocycles. The Bertz CT molecular complexity index is 761. The number of para-hydroxylation sites is 1. The first-order valence-electron chi connectivity index (χ1n) is 9.78. The van der Waals surface area contributed by atoms with E-state index in [0.717, 1.165) is 55.7 Å². The molecule has 0 saturated carbocycles. The van der Waals surface area contributed by atoms with E-state index in [2.05, 4.69) is 63.9 Å². The standard InChI is InChI=1S/C21H34N6O.HI/c1-17-15-18(2)27(25-17)20-10-7-6-9-19(20)16-24-21(22-3)23-11-8-12-26(4)13-14-28-5;/h6-7,9-10,15H,8,11-14,16H2,1-5H3,(H2,22,23,24);1H. The summed E-state index contributed by atoms with van der Waals surface area (Å²) in [5.74, 6) is 0.808.